The molecule has 5 nitrogen and oxygen atoms in total. The Hall–Kier alpha value is -2.18. The van der Waals surface area contributed by atoms with Crippen molar-refractivity contribution in [3.05, 3.63) is 65.2 Å². The molecule has 0 saturated heterocycles. The van der Waals surface area contributed by atoms with Gasteiger partial charge in [-0.15, -0.1) is 0 Å². The highest BCUT2D eigenvalue weighted by Crippen LogP contribution is 2.15. The molecule has 1 N–H and O–H groups in total. The van der Waals surface area contributed by atoms with Gasteiger partial charge in [0.15, 0.2) is 0 Å². The normalized spacial score (nSPS) is 11.5. The quantitative estimate of drug-likeness (QED) is 0.717. The van der Waals surface area contributed by atoms with E-state index >= 15 is 0 Å². The maximum Gasteiger partial charge on any atom is 0.307 e. The standard InChI is InChI=1S/C20H25NO4S/c1-15(2)18-8-6-17(7-9-18)14-25-20(22)12-13-21-26(23,24)19-10-4-16(3)5-11-19/h4-11,15,21H,12-14H2,1-3H3. The van der Waals surface area contributed by atoms with E-state index in [1.165, 1.54) is 17.7 Å². The second kappa shape index (κ2) is 8.96. The number of benzene rings is 2. The lowest BCUT2D eigenvalue weighted by Gasteiger charge is -2.09. The fourth-order valence-corrected chi connectivity index (χ4v) is 3.35. The summed E-state index contributed by atoms with van der Waals surface area (Å²) in [6.07, 6.45) is -0.0187. The second-order valence-electron chi connectivity index (χ2n) is 6.52. The van der Waals surface area contributed by atoms with Gasteiger partial charge >= 0.3 is 5.97 Å². The first-order valence-corrected chi connectivity index (χ1v) is 10.1. The van der Waals surface area contributed by atoms with E-state index in [2.05, 4.69) is 18.6 Å². The Morgan fingerprint density at radius 2 is 1.65 bits per heavy atom. The van der Waals surface area contributed by atoms with Crippen LogP contribution in [0.25, 0.3) is 0 Å². The van der Waals surface area contributed by atoms with Crippen molar-refractivity contribution in [2.45, 2.75) is 44.6 Å². The maximum absolute atomic E-state index is 12.1. The first kappa shape index (κ1) is 20.1. The van der Waals surface area contributed by atoms with Crippen LogP contribution in [0.2, 0.25) is 0 Å². The molecule has 0 atom stereocenters. The Morgan fingerprint density at radius 3 is 2.23 bits per heavy atom. The van der Waals surface area contributed by atoms with E-state index in [0.717, 1.165) is 11.1 Å². The SMILES string of the molecule is Cc1ccc(S(=O)(=O)NCCC(=O)OCc2ccc(C(C)C)cc2)cc1. The van der Waals surface area contributed by atoms with Crippen molar-refractivity contribution in [2.75, 3.05) is 6.54 Å². The molecule has 0 bridgehead atoms. The van der Waals surface area contributed by atoms with E-state index in [9.17, 15) is 13.2 Å². The third kappa shape index (κ3) is 5.97. The van der Waals surface area contributed by atoms with E-state index in [4.69, 9.17) is 4.74 Å². The van der Waals surface area contributed by atoms with Gasteiger partial charge in [-0.2, -0.15) is 0 Å². The van der Waals surface area contributed by atoms with Gasteiger partial charge < -0.3 is 4.74 Å². The van der Waals surface area contributed by atoms with Crippen molar-refractivity contribution >= 4 is 16.0 Å². The number of ether oxygens (including phenoxy) is 1. The smallest absolute Gasteiger partial charge is 0.307 e. The van der Waals surface area contributed by atoms with Crippen LogP contribution >= 0.6 is 0 Å². The van der Waals surface area contributed by atoms with E-state index in [-0.39, 0.29) is 24.5 Å². The van der Waals surface area contributed by atoms with Crippen LogP contribution in [0.15, 0.2) is 53.4 Å². The van der Waals surface area contributed by atoms with Crippen molar-refractivity contribution in [3.63, 3.8) is 0 Å². The molecule has 0 saturated carbocycles. The second-order valence-corrected chi connectivity index (χ2v) is 8.28. The molecular weight excluding hydrogens is 350 g/mol. The van der Waals surface area contributed by atoms with Crippen LogP contribution in [0.3, 0.4) is 0 Å². The van der Waals surface area contributed by atoms with Crippen LogP contribution in [0.1, 0.15) is 42.9 Å². The van der Waals surface area contributed by atoms with Gasteiger partial charge in [-0.05, 0) is 36.1 Å². The van der Waals surface area contributed by atoms with E-state index in [0.29, 0.717) is 5.92 Å². The number of carbonyl (C=O) groups excluding carboxylic acids is 1. The molecule has 26 heavy (non-hydrogen) atoms. The summed E-state index contributed by atoms with van der Waals surface area (Å²) in [5.41, 5.74) is 3.11. The molecule has 0 aliphatic carbocycles. The molecule has 6 heteroatoms. The summed E-state index contributed by atoms with van der Waals surface area (Å²) in [6, 6.07) is 14.4. The number of sulfonamides is 1. The molecule has 0 spiro atoms. The Balaban J connectivity index is 1.77. The fraction of sp³-hybridized carbons (Fsp3) is 0.350. The maximum atomic E-state index is 12.1. The minimum atomic E-state index is -3.61. The summed E-state index contributed by atoms with van der Waals surface area (Å²) in [4.78, 5) is 12.0. The zero-order valence-corrected chi connectivity index (χ0v) is 16.2. The van der Waals surface area contributed by atoms with Crippen LogP contribution in [-0.4, -0.2) is 20.9 Å². The lowest BCUT2D eigenvalue weighted by atomic mass is 10.0. The number of carbonyl (C=O) groups is 1. The minimum absolute atomic E-state index is 0.00132. The van der Waals surface area contributed by atoms with Gasteiger partial charge in [0, 0.05) is 6.54 Å². The predicted molar refractivity (Wildman–Crippen MR) is 101 cm³/mol. The van der Waals surface area contributed by atoms with Gasteiger partial charge in [0.2, 0.25) is 10.0 Å². The van der Waals surface area contributed by atoms with Gasteiger partial charge in [-0.1, -0.05) is 55.8 Å². The third-order valence-electron chi connectivity index (χ3n) is 4.00. The molecule has 0 radical (unpaired) electrons. The van der Waals surface area contributed by atoms with Gasteiger partial charge in [0.25, 0.3) is 0 Å². The summed E-state index contributed by atoms with van der Waals surface area (Å²) in [5.74, 6) is 0.0118. The number of esters is 1. The molecule has 0 aliphatic heterocycles. The van der Waals surface area contributed by atoms with E-state index in [1.807, 2.05) is 31.2 Å². The van der Waals surface area contributed by atoms with Crippen molar-refractivity contribution in [1.82, 2.24) is 4.72 Å². The summed E-state index contributed by atoms with van der Waals surface area (Å²) >= 11 is 0. The van der Waals surface area contributed by atoms with Gasteiger partial charge in [0.05, 0.1) is 11.3 Å². The fourth-order valence-electron chi connectivity index (χ4n) is 2.32. The molecule has 0 fully saturated rings. The first-order valence-electron chi connectivity index (χ1n) is 8.59. The molecule has 0 aliphatic rings. The molecule has 2 rings (SSSR count). The molecule has 2 aromatic carbocycles. The lowest BCUT2D eigenvalue weighted by Crippen LogP contribution is -2.26. The molecule has 2 aromatic rings. The van der Waals surface area contributed by atoms with Crippen LogP contribution in [0.5, 0.6) is 0 Å². The first-order chi connectivity index (χ1) is 12.3. The number of hydrogen-bond donors (Lipinski definition) is 1. The molecule has 0 aromatic heterocycles. The average Bonchev–Trinajstić information content (AvgIpc) is 2.60. The van der Waals surface area contributed by atoms with Crippen LogP contribution in [0, 0.1) is 6.92 Å². The van der Waals surface area contributed by atoms with Crippen LogP contribution in [-0.2, 0) is 26.2 Å². The van der Waals surface area contributed by atoms with Gasteiger partial charge in [-0.3, -0.25) is 4.79 Å². The number of nitrogens with one attached hydrogen (secondary N) is 1. The minimum Gasteiger partial charge on any atom is -0.461 e. The Labute approximate surface area is 155 Å². The topological polar surface area (TPSA) is 72.5 Å². The summed E-state index contributed by atoms with van der Waals surface area (Å²) in [7, 11) is -3.61. The zero-order chi connectivity index (χ0) is 19.2. The molecule has 0 unspecified atom stereocenters. The molecule has 0 heterocycles. The Bertz CT molecular complexity index is 825. The van der Waals surface area contributed by atoms with E-state index in [1.54, 1.807) is 12.1 Å². The van der Waals surface area contributed by atoms with Gasteiger partial charge in [0.1, 0.15) is 6.61 Å². The summed E-state index contributed by atoms with van der Waals surface area (Å²) in [6.45, 7) is 6.30. The van der Waals surface area contributed by atoms with E-state index < -0.39 is 16.0 Å². The Morgan fingerprint density at radius 1 is 1.04 bits per heavy atom. The van der Waals surface area contributed by atoms with Gasteiger partial charge in [-0.25, -0.2) is 13.1 Å². The largest absolute Gasteiger partial charge is 0.461 e. The lowest BCUT2D eigenvalue weighted by molar-refractivity contribution is -0.144. The van der Waals surface area contributed by atoms with Crippen molar-refractivity contribution in [1.29, 1.82) is 0 Å². The highest BCUT2D eigenvalue weighted by molar-refractivity contribution is 7.89. The summed E-state index contributed by atoms with van der Waals surface area (Å²) in [5, 5.41) is 0. The van der Waals surface area contributed by atoms with Crippen LogP contribution < -0.4 is 4.72 Å². The molecule has 140 valence electrons. The van der Waals surface area contributed by atoms with Crippen molar-refractivity contribution in [3.8, 4) is 0 Å². The summed E-state index contributed by atoms with van der Waals surface area (Å²) < 4.78 is 31.9. The number of aryl methyl sites for hydroxylation is 1. The molecular formula is C20H25NO4S. The highest BCUT2D eigenvalue weighted by Gasteiger charge is 2.14. The zero-order valence-electron chi connectivity index (χ0n) is 15.4. The number of hydrogen-bond acceptors (Lipinski definition) is 4. The average molecular weight is 375 g/mol. The number of rotatable bonds is 8. The Kier molecular flexibility index (Phi) is 6.94. The predicted octanol–water partition coefficient (Wildman–Crippen LogP) is 3.53. The highest BCUT2D eigenvalue weighted by atomic mass is 32.2. The van der Waals surface area contributed by atoms with Crippen LogP contribution in [0.4, 0.5) is 0 Å². The monoisotopic (exact) mass is 375 g/mol. The van der Waals surface area contributed by atoms with Crippen molar-refractivity contribution in [2.24, 2.45) is 0 Å². The van der Waals surface area contributed by atoms with Crippen molar-refractivity contribution < 1.29 is 17.9 Å². The molecule has 0 amide bonds. The third-order valence-corrected chi connectivity index (χ3v) is 5.48.